The van der Waals surface area contributed by atoms with Gasteiger partial charge in [0.05, 0.1) is 12.1 Å². The third kappa shape index (κ3) is 2.86. The first-order chi connectivity index (χ1) is 7.07. The van der Waals surface area contributed by atoms with E-state index in [1.54, 1.807) is 16.7 Å². The normalized spacial score (nSPS) is 23.7. The van der Waals surface area contributed by atoms with Gasteiger partial charge in [-0.1, -0.05) is 13.8 Å². The van der Waals surface area contributed by atoms with Crippen molar-refractivity contribution < 1.29 is 4.79 Å². The maximum atomic E-state index is 11.9. The Hall–Kier alpha value is -0.730. The summed E-state index contributed by atoms with van der Waals surface area (Å²) in [6.07, 6.45) is 0. The zero-order valence-corrected chi connectivity index (χ0v) is 9.96. The molecule has 1 amide bonds. The molecule has 0 spiro atoms. The van der Waals surface area contributed by atoms with Gasteiger partial charge in [0, 0.05) is 18.1 Å². The van der Waals surface area contributed by atoms with Gasteiger partial charge >= 0.3 is 0 Å². The summed E-state index contributed by atoms with van der Waals surface area (Å²) in [5, 5.41) is 8.93. The first kappa shape index (κ1) is 12.3. The van der Waals surface area contributed by atoms with Crippen LogP contribution in [0, 0.1) is 17.2 Å². The fourth-order valence-electron chi connectivity index (χ4n) is 1.45. The molecule has 1 rings (SSSR count). The van der Waals surface area contributed by atoms with Crippen LogP contribution in [0.15, 0.2) is 0 Å². The molecule has 0 aromatic heterocycles. The number of nitrogens with two attached hydrogens (primary N) is 1. The molecule has 15 heavy (non-hydrogen) atoms. The molecule has 0 saturated carbocycles. The molecule has 1 fully saturated rings. The summed E-state index contributed by atoms with van der Waals surface area (Å²) in [6.45, 7) is 4.48. The summed E-state index contributed by atoms with van der Waals surface area (Å²) in [5.74, 6) is 1.63. The minimum absolute atomic E-state index is 0.0862. The fourth-order valence-corrected chi connectivity index (χ4v) is 2.42. The van der Waals surface area contributed by atoms with Crippen LogP contribution in [-0.4, -0.2) is 40.9 Å². The number of nitriles is 1. The smallest absolute Gasteiger partial charge is 0.240 e. The van der Waals surface area contributed by atoms with Crippen LogP contribution in [0.3, 0.4) is 0 Å². The molecule has 5 heteroatoms. The maximum absolute atomic E-state index is 11.9. The Morgan fingerprint density at radius 3 is 2.87 bits per heavy atom. The highest BCUT2D eigenvalue weighted by atomic mass is 32.2. The van der Waals surface area contributed by atoms with Gasteiger partial charge in [0.25, 0.3) is 0 Å². The Morgan fingerprint density at radius 2 is 2.33 bits per heavy atom. The number of hydrogen-bond donors (Lipinski definition) is 1. The first-order valence-electron chi connectivity index (χ1n) is 5.11. The lowest BCUT2D eigenvalue weighted by molar-refractivity contribution is -0.134. The second-order valence-corrected chi connectivity index (χ2v) is 5.17. The average molecular weight is 227 g/mol. The minimum Gasteiger partial charge on any atom is -0.324 e. The zero-order chi connectivity index (χ0) is 11.4. The van der Waals surface area contributed by atoms with Crippen molar-refractivity contribution in [1.82, 2.24) is 4.90 Å². The van der Waals surface area contributed by atoms with E-state index in [4.69, 9.17) is 11.0 Å². The van der Waals surface area contributed by atoms with Crippen molar-refractivity contribution >= 4 is 17.7 Å². The van der Waals surface area contributed by atoms with Crippen molar-refractivity contribution in [3.63, 3.8) is 0 Å². The molecule has 1 aliphatic heterocycles. The van der Waals surface area contributed by atoms with Crippen molar-refractivity contribution in [2.75, 3.05) is 18.1 Å². The topological polar surface area (TPSA) is 70.1 Å². The highest BCUT2D eigenvalue weighted by molar-refractivity contribution is 7.99. The van der Waals surface area contributed by atoms with Crippen LogP contribution in [0.2, 0.25) is 0 Å². The van der Waals surface area contributed by atoms with E-state index in [0.29, 0.717) is 12.3 Å². The van der Waals surface area contributed by atoms with E-state index in [-0.39, 0.29) is 17.9 Å². The van der Waals surface area contributed by atoms with Crippen LogP contribution in [0.5, 0.6) is 0 Å². The molecular weight excluding hydrogens is 210 g/mol. The second-order valence-electron chi connectivity index (χ2n) is 4.02. The highest BCUT2D eigenvalue weighted by Gasteiger charge is 2.31. The standard InChI is InChI=1S/C10H17N3OS/c1-7(2)9(12)10(14)13-3-4-15-6-8(13)5-11/h7-9H,3-4,6,12H2,1-2H3. The van der Waals surface area contributed by atoms with E-state index >= 15 is 0 Å². The number of carbonyl (C=O) groups excluding carboxylic acids is 1. The fraction of sp³-hybridized carbons (Fsp3) is 0.800. The van der Waals surface area contributed by atoms with Gasteiger partial charge in [-0.2, -0.15) is 17.0 Å². The molecule has 1 saturated heterocycles. The van der Waals surface area contributed by atoms with E-state index in [1.807, 2.05) is 13.8 Å². The number of amides is 1. The molecule has 84 valence electrons. The van der Waals surface area contributed by atoms with Gasteiger partial charge in [0.1, 0.15) is 6.04 Å². The lowest BCUT2D eigenvalue weighted by atomic mass is 10.0. The third-order valence-corrected chi connectivity index (χ3v) is 3.59. The molecular formula is C10H17N3OS. The predicted octanol–water partition coefficient (Wildman–Crippen LogP) is 0.437. The SMILES string of the molecule is CC(C)C(N)C(=O)N1CCSCC1C#N. The molecule has 1 aliphatic rings. The summed E-state index contributed by atoms with van der Waals surface area (Å²) in [6, 6.07) is 1.37. The van der Waals surface area contributed by atoms with Gasteiger partial charge in [-0.15, -0.1) is 0 Å². The van der Waals surface area contributed by atoms with Crippen molar-refractivity contribution in [1.29, 1.82) is 5.26 Å². The zero-order valence-electron chi connectivity index (χ0n) is 9.14. The predicted molar refractivity (Wildman–Crippen MR) is 61.3 cm³/mol. The summed E-state index contributed by atoms with van der Waals surface area (Å²) in [4.78, 5) is 13.6. The van der Waals surface area contributed by atoms with Crippen LogP contribution >= 0.6 is 11.8 Å². The molecule has 0 radical (unpaired) electrons. The number of hydrogen-bond acceptors (Lipinski definition) is 4. The van der Waals surface area contributed by atoms with Gasteiger partial charge in [0.2, 0.25) is 5.91 Å². The Morgan fingerprint density at radius 1 is 1.67 bits per heavy atom. The molecule has 0 aromatic carbocycles. The average Bonchev–Trinajstić information content (AvgIpc) is 2.26. The van der Waals surface area contributed by atoms with Crippen LogP contribution in [0.1, 0.15) is 13.8 Å². The van der Waals surface area contributed by atoms with Crippen molar-refractivity contribution in [2.45, 2.75) is 25.9 Å². The Labute approximate surface area is 94.8 Å². The lowest BCUT2D eigenvalue weighted by Gasteiger charge is -2.33. The second kappa shape index (κ2) is 5.38. The minimum atomic E-state index is -0.482. The molecule has 0 aliphatic carbocycles. The van der Waals surface area contributed by atoms with Crippen LogP contribution in [0.4, 0.5) is 0 Å². The summed E-state index contributed by atoms with van der Waals surface area (Å²) >= 11 is 1.71. The largest absolute Gasteiger partial charge is 0.324 e. The molecule has 2 atom stereocenters. The van der Waals surface area contributed by atoms with Gasteiger partial charge in [-0.3, -0.25) is 4.79 Å². The van der Waals surface area contributed by atoms with Gasteiger partial charge < -0.3 is 10.6 Å². The maximum Gasteiger partial charge on any atom is 0.240 e. The van der Waals surface area contributed by atoms with Crippen LogP contribution < -0.4 is 5.73 Å². The Balaban J connectivity index is 2.68. The molecule has 1 heterocycles. The van der Waals surface area contributed by atoms with Crippen molar-refractivity contribution in [3.8, 4) is 6.07 Å². The molecule has 2 N–H and O–H groups in total. The highest BCUT2D eigenvalue weighted by Crippen LogP contribution is 2.17. The number of rotatable bonds is 2. The van der Waals surface area contributed by atoms with Gasteiger partial charge in [0.15, 0.2) is 0 Å². The number of carbonyl (C=O) groups is 1. The molecule has 4 nitrogen and oxygen atoms in total. The van der Waals surface area contributed by atoms with E-state index in [0.717, 1.165) is 5.75 Å². The van der Waals surface area contributed by atoms with E-state index in [2.05, 4.69) is 6.07 Å². The number of thioether (sulfide) groups is 1. The Kier molecular flexibility index (Phi) is 4.43. The van der Waals surface area contributed by atoms with Crippen LogP contribution in [-0.2, 0) is 4.79 Å². The van der Waals surface area contributed by atoms with E-state index < -0.39 is 6.04 Å². The molecule has 0 aromatic rings. The monoisotopic (exact) mass is 227 g/mol. The van der Waals surface area contributed by atoms with Crippen LogP contribution in [0.25, 0.3) is 0 Å². The lowest BCUT2D eigenvalue weighted by Crippen LogP contribution is -2.53. The van der Waals surface area contributed by atoms with E-state index in [1.165, 1.54) is 0 Å². The van der Waals surface area contributed by atoms with Gasteiger partial charge in [-0.25, -0.2) is 0 Å². The van der Waals surface area contributed by atoms with E-state index in [9.17, 15) is 4.79 Å². The quantitative estimate of drug-likeness (QED) is 0.743. The summed E-state index contributed by atoms with van der Waals surface area (Å²) in [7, 11) is 0. The third-order valence-electron chi connectivity index (χ3n) is 2.56. The molecule has 0 bridgehead atoms. The van der Waals surface area contributed by atoms with Gasteiger partial charge in [-0.05, 0) is 5.92 Å². The summed E-state index contributed by atoms with van der Waals surface area (Å²) in [5.41, 5.74) is 5.80. The van der Waals surface area contributed by atoms with Crippen molar-refractivity contribution in [3.05, 3.63) is 0 Å². The van der Waals surface area contributed by atoms with Crippen molar-refractivity contribution in [2.24, 2.45) is 11.7 Å². The molecule has 2 unspecified atom stereocenters. The first-order valence-corrected chi connectivity index (χ1v) is 6.26. The summed E-state index contributed by atoms with van der Waals surface area (Å²) < 4.78 is 0. The number of nitrogens with zero attached hydrogens (tertiary/aromatic N) is 2. The Bertz CT molecular complexity index is 274.